The lowest BCUT2D eigenvalue weighted by Gasteiger charge is -2.11. The van der Waals surface area contributed by atoms with Crippen LogP contribution in [0.1, 0.15) is 16.8 Å². The van der Waals surface area contributed by atoms with E-state index in [0.717, 1.165) is 10.5 Å². The maximum absolute atomic E-state index is 11.9. The molecule has 0 bridgehead atoms. The SMILES string of the molecule is Cc1nn(Cc2ccc(Cl)cc2)c(Cl)c1/C=C/C(=O)OCC(=O)N1CCNC1=O. The van der Waals surface area contributed by atoms with Gasteiger partial charge in [0.15, 0.2) is 6.61 Å². The zero-order chi connectivity index (χ0) is 21.0. The van der Waals surface area contributed by atoms with Crippen LogP contribution in [0.15, 0.2) is 30.3 Å². The molecular formula is C19H18Cl2N4O4. The maximum Gasteiger partial charge on any atom is 0.331 e. The fourth-order valence-corrected chi connectivity index (χ4v) is 3.17. The Bertz CT molecular complexity index is 969. The van der Waals surface area contributed by atoms with E-state index in [1.807, 2.05) is 12.1 Å². The molecule has 3 rings (SSSR count). The highest BCUT2D eigenvalue weighted by Gasteiger charge is 2.26. The third-order valence-corrected chi connectivity index (χ3v) is 4.89. The third-order valence-electron chi connectivity index (χ3n) is 4.24. The van der Waals surface area contributed by atoms with Crippen molar-refractivity contribution < 1.29 is 19.1 Å². The highest BCUT2D eigenvalue weighted by atomic mass is 35.5. The minimum atomic E-state index is -0.723. The number of benzene rings is 1. The smallest absolute Gasteiger partial charge is 0.331 e. The van der Waals surface area contributed by atoms with Gasteiger partial charge in [0.2, 0.25) is 0 Å². The molecule has 0 aliphatic carbocycles. The van der Waals surface area contributed by atoms with Crippen molar-refractivity contribution in [2.45, 2.75) is 13.5 Å². The van der Waals surface area contributed by atoms with Crippen molar-refractivity contribution >= 4 is 47.2 Å². The van der Waals surface area contributed by atoms with Gasteiger partial charge in [-0.05, 0) is 30.7 Å². The van der Waals surface area contributed by atoms with Gasteiger partial charge in [0.25, 0.3) is 5.91 Å². The number of rotatable bonds is 6. The van der Waals surface area contributed by atoms with E-state index in [-0.39, 0.29) is 6.54 Å². The summed E-state index contributed by atoms with van der Waals surface area (Å²) in [4.78, 5) is 36.2. The molecule has 8 nitrogen and oxygen atoms in total. The Balaban J connectivity index is 1.60. The lowest BCUT2D eigenvalue weighted by molar-refractivity contribution is -0.146. The second-order valence-corrected chi connectivity index (χ2v) is 7.09. The van der Waals surface area contributed by atoms with Gasteiger partial charge in [0.1, 0.15) is 5.15 Å². The summed E-state index contributed by atoms with van der Waals surface area (Å²) in [6.45, 7) is 2.34. The van der Waals surface area contributed by atoms with Crippen LogP contribution >= 0.6 is 23.2 Å². The van der Waals surface area contributed by atoms with Crippen molar-refractivity contribution in [1.29, 1.82) is 0 Å². The predicted octanol–water partition coefficient (Wildman–Crippen LogP) is 2.65. The molecule has 1 N–H and O–H groups in total. The van der Waals surface area contributed by atoms with Crippen molar-refractivity contribution in [1.82, 2.24) is 20.0 Å². The number of imide groups is 1. The molecule has 1 aliphatic heterocycles. The molecule has 1 aromatic heterocycles. The number of esters is 1. The molecule has 3 amide bonds. The van der Waals surface area contributed by atoms with E-state index in [1.54, 1.807) is 23.7 Å². The predicted molar refractivity (Wildman–Crippen MR) is 108 cm³/mol. The first kappa shape index (κ1) is 20.9. The van der Waals surface area contributed by atoms with E-state index < -0.39 is 24.5 Å². The van der Waals surface area contributed by atoms with E-state index in [2.05, 4.69) is 10.4 Å². The molecule has 1 aromatic carbocycles. The number of hydrogen-bond donors (Lipinski definition) is 1. The largest absolute Gasteiger partial charge is 0.452 e. The Hall–Kier alpha value is -2.84. The van der Waals surface area contributed by atoms with Gasteiger partial charge in [0.05, 0.1) is 12.2 Å². The van der Waals surface area contributed by atoms with Crippen LogP contribution in [0.2, 0.25) is 10.2 Å². The summed E-state index contributed by atoms with van der Waals surface area (Å²) in [5.74, 6) is -1.30. The fraction of sp³-hybridized carbons (Fsp3) is 0.263. The Kier molecular flexibility index (Phi) is 6.56. The quantitative estimate of drug-likeness (QED) is 0.554. The van der Waals surface area contributed by atoms with Crippen molar-refractivity contribution in [2.24, 2.45) is 0 Å². The van der Waals surface area contributed by atoms with Crippen molar-refractivity contribution in [3.8, 4) is 0 Å². The number of hydrogen-bond acceptors (Lipinski definition) is 5. The number of halogens is 2. The summed E-state index contributed by atoms with van der Waals surface area (Å²) >= 11 is 12.3. The number of carbonyl (C=O) groups excluding carboxylic acids is 3. The summed E-state index contributed by atoms with van der Waals surface area (Å²) in [6, 6.07) is 6.83. The number of nitrogens with one attached hydrogen (secondary N) is 1. The zero-order valence-electron chi connectivity index (χ0n) is 15.5. The number of urea groups is 1. The average Bonchev–Trinajstić information content (AvgIpc) is 3.23. The molecule has 0 spiro atoms. The van der Waals surface area contributed by atoms with E-state index in [0.29, 0.717) is 34.5 Å². The minimum Gasteiger partial charge on any atom is -0.452 e. The lowest BCUT2D eigenvalue weighted by Crippen LogP contribution is -2.37. The second-order valence-electron chi connectivity index (χ2n) is 6.29. The molecule has 10 heteroatoms. The van der Waals surface area contributed by atoms with E-state index >= 15 is 0 Å². The summed E-state index contributed by atoms with van der Waals surface area (Å²) < 4.78 is 6.51. The van der Waals surface area contributed by atoms with Crippen LogP contribution < -0.4 is 5.32 Å². The van der Waals surface area contributed by atoms with E-state index in [1.165, 1.54) is 12.2 Å². The number of aryl methyl sites for hydroxylation is 1. The van der Waals surface area contributed by atoms with Gasteiger partial charge >= 0.3 is 12.0 Å². The molecule has 0 radical (unpaired) electrons. The molecule has 2 aromatic rings. The summed E-state index contributed by atoms with van der Waals surface area (Å²) in [7, 11) is 0. The molecule has 2 heterocycles. The van der Waals surface area contributed by atoms with Crippen LogP contribution in [0.3, 0.4) is 0 Å². The Morgan fingerprint density at radius 1 is 1.28 bits per heavy atom. The van der Waals surface area contributed by atoms with Crippen LogP contribution in [0.25, 0.3) is 6.08 Å². The molecule has 152 valence electrons. The number of amides is 3. The van der Waals surface area contributed by atoms with Crippen molar-refractivity contribution in [2.75, 3.05) is 19.7 Å². The molecule has 29 heavy (non-hydrogen) atoms. The van der Waals surface area contributed by atoms with Gasteiger partial charge in [-0.1, -0.05) is 35.3 Å². The van der Waals surface area contributed by atoms with Crippen LogP contribution in [-0.4, -0.2) is 52.3 Å². The average molecular weight is 437 g/mol. The lowest BCUT2D eigenvalue weighted by atomic mass is 10.2. The first-order valence-electron chi connectivity index (χ1n) is 8.75. The third kappa shape index (κ3) is 5.16. The Morgan fingerprint density at radius 3 is 2.66 bits per heavy atom. The summed E-state index contributed by atoms with van der Waals surface area (Å²) in [5.41, 5.74) is 2.18. The highest BCUT2D eigenvalue weighted by Crippen LogP contribution is 2.22. The van der Waals surface area contributed by atoms with Gasteiger partial charge in [-0.15, -0.1) is 0 Å². The normalized spacial score (nSPS) is 13.8. The van der Waals surface area contributed by atoms with Gasteiger partial charge in [0, 0.05) is 29.8 Å². The maximum atomic E-state index is 11.9. The highest BCUT2D eigenvalue weighted by molar-refractivity contribution is 6.31. The van der Waals surface area contributed by atoms with E-state index in [4.69, 9.17) is 27.9 Å². The first-order chi connectivity index (χ1) is 13.8. The minimum absolute atomic E-state index is 0.257. The van der Waals surface area contributed by atoms with Gasteiger partial charge < -0.3 is 10.1 Å². The summed E-state index contributed by atoms with van der Waals surface area (Å²) in [5, 5.41) is 7.89. The van der Waals surface area contributed by atoms with Crippen molar-refractivity contribution in [3.63, 3.8) is 0 Å². The number of nitrogens with zero attached hydrogens (tertiary/aromatic N) is 3. The molecule has 0 saturated carbocycles. The monoisotopic (exact) mass is 436 g/mol. The molecule has 0 unspecified atom stereocenters. The number of carbonyl (C=O) groups is 3. The fourth-order valence-electron chi connectivity index (χ4n) is 2.74. The van der Waals surface area contributed by atoms with Gasteiger partial charge in [-0.25, -0.2) is 14.3 Å². The summed E-state index contributed by atoms with van der Waals surface area (Å²) in [6.07, 6.45) is 2.65. The van der Waals surface area contributed by atoms with Crippen molar-refractivity contribution in [3.05, 3.63) is 57.3 Å². The number of aromatic nitrogens is 2. The van der Waals surface area contributed by atoms with Crippen LogP contribution in [-0.2, 0) is 20.9 Å². The number of ether oxygens (including phenoxy) is 1. The molecule has 1 fully saturated rings. The molecule has 0 atom stereocenters. The van der Waals surface area contributed by atoms with Gasteiger partial charge in [-0.2, -0.15) is 5.10 Å². The standard InChI is InChI=1S/C19H18Cl2N4O4/c1-12-15(18(21)25(23-12)10-13-2-4-14(20)5-3-13)6-7-17(27)29-11-16(26)24-9-8-22-19(24)28/h2-7H,8-11H2,1H3,(H,22,28)/b7-6+. The Labute approximate surface area is 177 Å². The second kappa shape index (κ2) is 9.11. The topological polar surface area (TPSA) is 93.5 Å². The molecule has 1 saturated heterocycles. The first-order valence-corrected chi connectivity index (χ1v) is 9.51. The molecule has 1 aliphatic rings. The Morgan fingerprint density at radius 2 is 2.00 bits per heavy atom. The van der Waals surface area contributed by atoms with Gasteiger partial charge in [-0.3, -0.25) is 9.69 Å². The molecular weight excluding hydrogens is 419 g/mol. The van der Waals surface area contributed by atoms with Crippen LogP contribution in [0, 0.1) is 6.92 Å². The van der Waals surface area contributed by atoms with E-state index in [9.17, 15) is 14.4 Å². The zero-order valence-corrected chi connectivity index (χ0v) is 17.0. The van der Waals surface area contributed by atoms with Crippen LogP contribution in [0.4, 0.5) is 4.79 Å². The van der Waals surface area contributed by atoms with Crippen LogP contribution in [0.5, 0.6) is 0 Å².